The van der Waals surface area contributed by atoms with Gasteiger partial charge in [0.05, 0.1) is 17.4 Å². The van der Waals surface area contributed by atoms with Gasteiger partial charge >= 0.3 is 12.1 Å². The quantitative estimate of drug-likeness (QED) is 0.570. The Labute approximate surface area is 155 Å². The molecule has 0 bridgehead atoms. The van der Waals surface area contributed by atoms with Gasteiger partial charge in [-0.15, -0.1) is 0 Å². The third-order valence-electron chi connectivity index (χ3n) is 4.69. The number of hydrogen-bond acceptors (Lipinski definition) is 4. The lowest BCUT2D eigenvalue weighted by Crippen LogP contribution is -2.40. The first-order valence-corrected chi connectivity index (χ1v) is 8.71. The van der Waals surface area contributed by atoms with Crippen LogP contribution in [0.2, 0.25) is 0 Å². The summed E-state index contributed by atoms with van der Waals surface area (Å²) in [4.78, 5) is 23.5. The lowest BCUT2D eigenvalue weighted by atomic mass is 9.98. The Bertz CT molecular complexity index is 1010. The molecule has 3 aromatic rings. The first kappa shape index (κ1) is 16.9. The molecule has 0 saturated carbocycles. The van der Waals surface area contributed by atoms with Crippen molar-refractivity contribution in [2.45, 2.75) is 18.9 Å². The second-order valence-electron chi connectivity index (χ2n) is 6.45. The lowest BCUT2D eigenvalue weighted by Gasteiger charge is -2.27. The molecule has 0 aliphatic carbocycles. The maximum atomic E-state index is 12.3. The van der Waals surface area contributed by atoms with Crippen LogP contribution in [0.15, 0.2) is 48.7 Å². The summed E-state index contributed by atoms with van der Waals surface area (Å²) in [6.07, 6.45) is 2.18. The Morgan fingerprint density at radius 2 is 2.07 bits per heavy atom. The van der Waals surface area contributed by atoms with Gasteiger partial charge in [0.15, 0.2) is 0 Å². The molecule has 0 radical (unpaired) electrons. The number of anilines is 2. The number of carboxylic acid groups (broad SMARTS) is 1. The molecule has 2 aromatic carbocycles. The van der Waals surface area contributed by atoms with Gasteiger partial charge in [-0.3, -0.25) is 0 Å². The van der Waals surface area contributed by atoms with Crippen molar-refractivity contribution in [2.75, 3.05) is 17.2 Å². The van der Waals surface area contributed by atoms with Gasteiger partial charge in [0.2, 0.25) is 0 Å². The first-order valence-electron chi connectivity index (χ1n) is 8.71. The van der Waals surface area contributed by atoms with Crippen molar-refractivity contribution in [3.05, 3.63) is 54.2 Å². The van der Waals surface area contributed by atoms with Crippen LogP contribution in [0.5, 0.6) is 0 Å². The van der Waals surface area contributed by atoms with Crippen molar-refractivity contribution >= 4 is 34.4 Å². The fraction of sp³-hybridized carbons (Fsp3) is 0.211. The molecule has 8 heteroatoms. The molecule has 4 rings (SSSR count). The maximum Gasteiger partial charge on any atom is 0.432 e. The predicted molar refractivity (Wildman–Crippen MR) is 102 cm³/mol. The first-order chi connectivity index (χ1) is 13.1. The van der Waals surface area contributed by atoms with E-state index in [-0.39, 0.29) is 12.1 Å². The zero-order chi connectivity index (χ0) is 18.8. The van der Waals surface area contributed by atoms with Crippen molar-refractivity contribution in [1.29, 1.82) is 0 Å². The monoisotopic (exact) mass is 365 g/mol. The Kier molecular flexibility index (Phi) is 4.37. The Hall–Kier alpha value is -3.55. The van der Waals surface area contributed by atoms with Crippen molar-refractivity contribution < 1.29 is 14.7 Å². The SMILES string of the molecule is O=C(NCC1CCc2ccccc2N1)Nc1cccc2c1cnn2C(=O)O. The highest BCUT2D eigenvalue weighted by Gasteiger charge is 2.18. The van der Waals surface area contributed by atoms with Crippen LogP contribution in [0, 0.1) is 0 Å². The van der Waals surface area contributed by atoms with E-state index in [1.54, 1.807) is 18.2 Å². The molecule has 1 aromatic heterocycles. The second kappa shape index (κ2) is 6.99. The van der Waals surface area contributed by atoms with Crippen LogP contribution in [0.3, 0.4) is 0 Å². The molecule has 1 atom stereocenters. The van der Waals surface area contributed by atoms with Crippen LogP contribution in [-0.4, -0.2) is 39.6 Å². The topological polar surface area (TPSA) is 108 Å². The number of nitrogens with zero attached hydrogens (tertiary/aromatic N) is 2. The smallest absolute Gasteiger partial charge is 0.432 e. The molecule has 1 unspecified atom stereocenters. The average Bonchev–Trinajstić information content (AvgIpc) is 3.12. The minimum absolute atomic E-state index is 0.163. The fourth-order valence-corrected chi connectivity index (χ4v) is 3.35. The van der Waals surface area contributed by atoms with E-state index < -0.39 is 6.09 Å². The minimum atomic E-state index is -1.17. The van der Waals surface area contributed by atoms with Crippen molar-refractivity contribution in [1.82, 2.24) is 15.1 Å². The van der Waals surface area contributed by atoms with Crippen LogP contribution in [0.4, 0.5) is 21.0 Å². The van der Waals surface area contributed by atoms with Gasteiger partial charge in [0, 0.05) is 23.7 Å². The summed E-state index contributed by atoms with van der Waals surface area (Å²) in [7, 11) is 0. The summed E-state index contributed by atoms with van der Waals surface area (Å²) in [5.41, 5.74) is 3.34. The summed E-state index contributed by atoms with van der Waals surface area (Å²) in [6, 6.07) is 13.0. The van der Waals surface area contributed by atoms with Crippen molar-refractivity contribution in [2.24, 2.45) is 0 Å². The van der Waals surface area contributed by atoms with Gasteiger partial charge < -0.3 is 21.1 Å². The predicted octanol–water partition coefficient (Wildman–Crippen LogP) is 3.11. The highest BCUT2D eigenvalue weighted by molar-refractivity contribution is 6.02. The molecule has 27 heavy (non-hydrogen) atoms. The number of carbonyl (C=O) groups excluding carboxylic acids is 1. The molecule has 0 fully saturated rings. The zero-order valence-electron chi connectivity index (χ0n) is 14.5. The third kappa shape index (κ3) is 3.41. The van der Waals surface area contributed by atoms with Gasteiger partial charge in [0.1, 0.15) is 0 Å². The third-order valence-corrected chi connectivity index (χ3v) is 4.69. The Morgan fingerprint density at radius 1 is 1.22 bits per heavy atom. The number of nitrogens with one attached hydrogen (secondary N) is 3. The standard InChI is InChI=1S/C19H19N5O3/c25-18(20-10-13-9-8-12-4-1-2-5-15(12)22-13)23-16-6-3-7-17-14(16)11-21-24(17)19(26)27/h1-7,11,13,22H,8-10H2,(H,26,27)(H2,20,23,25). The van der Waals surface area contributed by atoms with Crippen molar-refractivity contribution in [3.8, 4) is 0 Å². The molecule has 2 heterocycles. The van der Waals surface area contributed by atoms with E-state index in [0.717, 1.165) is 23.2 Å². The Balaban J connectivity index is 1.39. The van der Waals surface area contributed by atoms with E-state index in [1.807, 2.05) is 18.2 Å². The Morgan fingerprint density at radius 3 is 2.93 bits per heavy atom. The summed E-state index contributed by atoms with van der Waals surface area (Å²) >= 11 is 0. The highest BCUT2D eigenvalue weighted by atomic mass is 16.4. The lowest BCUT2D eigenvalue weighted by molar-refractivity contribution is 0.194. The number of urea groups is 1. The summed E-state index contributed by atoms with van der Waals surface area (Å²) in [5, 5.41) is 22.6. The van der Waals surface area contributed by atoms with Crippen LogP contribution in [0.25, 0.3) is 10.9 Å². The number of benzene rings is 2. The van der Waals surface area contributed by atoms with E-state index in [4.69, 9.17) is 5.11 Å². The van der Waals surface area contributed by atoms with Gasteiger partial charge in [-0.1, -0.05) is 24.3 Å². The number of aryl methyl sites for hydroxylation is 1. The minimum Gasteiger partial charge on any atom is -0.463 e. The van der Waals surface area contributed by atoms with E-state index in [2.05, 4.69) is 27.1 Å². The van der Waals surface area contributed by atoms with Gasteiger partial charge in [-0.05, 0) is 36.6 Å². The van der Waals surface area contributed by atoms with E-state index in [1.165, 1.54) is 11.8 Å². The number of amides is 2. The van der Waals surface area contributed by atoms with E-state index in [9.17, 15) is 9.59 Å². The average molecular weight is 365 g/mol. The number of fused-ring (bicyclic) bond motifs is 2. The number of para-hydroxylation sites is 1. The van der Waals surface area contributed by atoms with Crippen LogP contribution in [0.1, 0.15) is 12.0 Å². The van der Waals surface area contributed by atoms with Crippen LogP contribution in [-0.2, 0) is 6.42 Å². The number of rotatable bonds is 3. The molecule has 0 saturated heterocycles. The highest BCUT2D eigenvalue weighted by Crippen LogP contribution is 2.24. The van der Waals surface area contributed by atoms with Gasteiger partial charge in [-0.2, -0.15) is 9.78 Å². The molecule has 4 N–H and O–H groups in total. The molecule has 1 aliphatic rings. The number of carbonyl (C=O) groups is 2. The second-order valence-corrected chi connectivity index (χ2v) is 6.45. The largest absolute Gasteiger partial charge is 0.463 e. The molecular formula is C19H19N5O3. The van der Waals surface area contributed by atoms with Crippen LogP contribution < -0.4 is 16.0 Å². The number of aromatic nitrogens is 2. The van der Waals surface area contributed by atoms with Crippen molar-refractivity contribution in [3.63, 3.8) is 0 Å². The molecule has 8 nitrogen and oxygen atoms in total. The summed E-state index contributed by atoms with van der Waals surface area (Å²) in [5.74, 6) is 0. The molecule has 1 aliphatic heterocycles. The molecule has 138 valence electrons. The summed E-state index contributed by atoms with van der Waals surface area (Å²) < 4.78 is 0.877. The number of hydrogen-bond donors (Lipinski definition) is 4. The fourth-order valence-electron chi connectivity index (χ4n) is 3.35. The molecular weight excluding hydrogens is 346 g/mol. The van der Waals surface area contributed by atoms with E-state index in [0.29, 0.717) is 23.1 Å². The van der Waals surface area contributed by atoms with E-state index >= 15 is 0 Å². The van der Waals surface area contributed by atoms with Gasteiger partial charge in [-0.25, -0.2) is 9.59 Å². The maximum absolute atomic E-state index is 12.3. The summed E-state index contributed by atoms with van der Waals surface area (Å²) in [6.45, 7) is 0.491. The van der Waals surface area contributed by atoms with Crippen LogP contribution >= 0.6 is 0 Å². The van der Waals surface area contributed by atoms with Gasteiger partial charge in [0.25, 0.3) is 0 Å². The normalized spacial score (nSPS) is 15.6. The molecule has 2 amide bonds. The molecule has 0 spiro atoms. The zero-order valence-corrected chi connectivity index (χ0v) is 14.5.